The molecule has 0 aliphatic carbocycles. The molecule has 1 aliphatic heterocycles. The van der Waals surface area contributed by atoms with Crippen molar-refractivity contribution in [1.82, 2.24) is 15.2 Å². The molecule has 4 aromatic rings. The van der Waals surface area contributed by atoms with Crippen LogP contribution in [0.2, 0.25) is 5.02 Å². The van der Waals surface area contributed by atoms with E-state index in [-0.39, 0.29) is 0 Å². The topological polar surface area (TPSA) is 52.0 Å². The second-order valence-electron chi connectivity index (χ2n) is 14.5. The molecule has 0 atom stereocenters. The molecule has 1 N–H and O–H groups in total. The number of unbranched alkanes of at least 4 members (excludes halogenated alkanes) is 1. The van der Waals surface area contributed by atoms with E-state index in [1.54, 1.807) is 6.20 Å². The molecule has 0 radical (unpaired) electrons. The van der Waals surface area contributed by atoms with Crippen molar-refractivity contribution in [3.05, 3.63) is 122 Å². The number of aryl methyl sites for hydroxylation is 5. The first-order chi connectivity index (χ1) is 23.8. The molecule has 1 saturated heterocycles. The molecule has 5 rings (SSSR count). The number of nitrogens with zero attached hydrogens (tertiary/aromatic N) is 3. The predicted octanol–water partition coefficient (Wildman–Crippen LogP) is 10.0. The smallest absolute Gasteiger partial charge is 0.101 e. The average Bonchev–Trinajstić information content (AvgIpc) is 3.10. The number of halogens is 1. The van der Waals surface area contributed by atoms with Crippen molar-refractivity contribution >= 4 is 11.6 Å². The van der Waals surface area contributed by atoms with Crippen molar-refractivity contribution in [1.29, 1.82) is 5.26 Å². The van der Waals surface area contributed by atoms with Crippen LogP contribution in [0.3, 0.4) is 0 Å². The van der Waals surface area contributed by atoms with Gasteiger partial charge in [-0.1, -0.05) is 74.3 Å². The first-order valence-corrected chi connectivity index (χ1v) is 18.9. The van der Waals surface area contributed by atoms with Gasteiger partial charge in [0.15, 0.2) is 0 Å². The quantitative estimate of drug-likeness (QED) is 0.120. The summed E-state index contributed by atoms with van der Waals surface area (Å²) in [5.41, 5.74) is 13.9. The molecule has 0 unspecified atom stereocenters. The minimum Gasteiger partial charge on any atom is -0.316 e. The number of hydrogen-bond donors (Lipinski definition) is 1. The minimum absolute atomic E-state index is 0.618. The summed E-state index contributed by atoms with van der Waals surface area (Å²) in [7, 11) is 0. The Hall–Kier alpha value is -3.49. The number of nitriles is 1. The maximum Gasteiger partial charge on any atom is 0.101 e. The van der Waals surface area contributed by atoms with Gasteiger partial charge in [-0.2, -0.15) is 5.26 Å². The van der Waals surface area contributed by atoms with E-state index in [0.717, 1.165) is 75.4 Å². The molecular weight excluding hydrogens is 620 g/mol. The zero-order valence-corrected chi connectivity index (χ0v) is 31.0. The summed E-state index contributed by atoms with van der Waals surface area (Å²) in [5, 5.41) is 13.8. The summed E-state index contributed by atoms with van der Waals surface area (Å²) >= 11 is 7.06. The Morgan fingerprint density at radius 3 is 2.14 bits per heavy atom. The maximum absolute atomic E-state index is 9.38. The van der Waals surface area contributed by atoms with Crippen LogP contribution in [0.4, 0.5) is 0 Å². The second kappa shape index (κ2) is 18.5. The van der Waals surface area contributed by atoms with Crippen molar-refractivity contribution in [3.8, 4) is 17.2 Å². The molecule has 1 aromatic heterocycles. The number of pyridine rings is 1. The van der Waals surface area contributed by atoms with E-state index in [1.165, 1.54) is 82.2 Å². The number of benzene rings is 3. The van der Waals surface area contributed by atoms with Gasteiger partial charge in [-0.3, -0.25) is 9.88 Å². The molecule has 1 fully saturated rings. The normalized spacial score (nSPS) is 13.6. The van der Waals surface area contributed by atoms with Crippen LogP contribution in [0.1, 0.15) is 96.0 Å². The number of rotatable bonds is 16. The van der Waals surface area contributed by atoms with Gasteiger partial charge in [-0.15, -0.1) is 0 Å². The van der Waals surface area contributed by atoms with Crippen molar-refractivity contribution in [2.24, 2.45) is 5.92 Å². The minimum atomic E-state index is 0.618. The lowest BCUT2D eigenvalue weighted by Gasteiger charge is -2.28. The predicted molar refractivity (Wildman–Crippen MR) is 206 cm³/mol. The second-order valence-corrected chi connectivity index (χ2v) is 14.9. The molecule has 1 aliphatic rings. The monoisotopic (exact) mass is 674 g/mol. The molecule has 2 heterocycles. The summed E-state index contributed by atoms with van der Waals surface area (Å²) in [4.78, 5) is 6.88. The Kier molecular flexibility index (Phi) is 13.9. The first kappa shape index (κ1) is 36.8. The molecule has 0 amide bonds. The number of piperidine rings is 1. The van der Waals surface area contributed by atoms with Gasteiger partial charge < -0.3 is 5.32 Å². The lowest BCUT2D eigenvalue weighted by Crippen LogP contribution is -2.29. The highest BCUT2D eigenvalue weighted by Gasteiger charge is 2.17. The third-order valence-electron chi connectivity index (χ3n) is 10.3. The lowest BCUT2D eigenvalue weighted by atomic mass is 9.88. The first-order valence-electron chi connectivity index (χ1n) is 18.6. The van der Waals surface area contributed by atoms with Crippen LogP contribution in [0.5, 0.6) is 0 Å². The maximum atomic E-state index is 9.38. The molecule has 0 spiro atoms. The molecule has 258 valence electrons. The van der Waals surface area contributed by atoms with Crippen molar-refractivity contribution in [2.75, 3.05) is 26.2 Å². The average molecular weight is 675 g/mol. The molecule has 0 bridgehead atoms. The molecule has 4 nitrogen and oxygen atoms in total. The number of likely N-dealkylation sites (tertiary alicyclic amines) is 1. The summed E-state index contributed by atoms with van der Waals surface area (Å²) in [6, 6.07) is 22.4. The van der Waals surface area contributed by atoms with Gasteiger partial charge in [0.25, 0.3) is 0 Å². The van der Waals surface area contributed by atoms with Crippen LogP contribution in [0.25, 0.3) is 11.1 Å². The van der Waals surface area contributed by atoms with E-state index in [0.29, 0.717) is 11.5 Å². The highest BCUT2D eigenvalue weighted by atomic mass is 35.5. The fraction of sp³-hybridized carbons (Fsp3) is 0.455. The van der Waals surface area contributed by atoms with E-state index >= 15 is 0 Å². The Morgan fingerprint density at radius 2 is 1.45 bits per heavy atom. The fourth-order valence-corrected chi connectivity index (χ4v) is 7.60. The van der Waals surface area contributed by atoms with Gasteiger partial charge in [-0.05, 0) is 171 Å². The molecule has 0 saturated carbocycles. The molecular formula is C44H55ClN4. The third kappa shape index (κ3) is 10.5. The standard InChI is InChI=1S/C44H55ClN4/c1-32(2)28-47-21-7-6-12-37-13-10-15-42(33(37)3)43-16-11-14-38(34(43)4)19-20-40-25-39(18-17-35-24-36(27-46)30-48-29-35)41(26-44(40)45)31-49-22-8-5-9-23-49/h10-11,13-16,24-26,29-30,32,47H,5-9,12,17-23,28,31H2,1-4H3. The van der Waals surface area contributed by atoms with Gasteiger partial charge in [0.05, 0.1) is 5.56 Å². The van der Waals surface area contributed by atoms with E-state index in [1.807, 2.05) is 12.3 Å². The Bertz CT molecular complexity index is 1710. The summed E-state index contributed by atoms with van der Waals surface area (Å²) in [6.07, 6.45) is 14.5. The molecule has 5 heteroatoms. The summed E-state index contributed by atoms with van der Waals surface area (Å²) in [6.45, 7) is 14.6. The Balaban J connectivity index is 1.31. The fourth-order valence-electron chi connectivity index (χ4n) is 7.32. The van der Waals surface area contributed by atoms with Crippen LogP contribution in [0.15, 0.2) is 67.0 Å². The van der Waals surface area contributed by atoms with Gasteiger partial charge in [0.1, 0.15) is 6.07 Å². The van der Waals surface area contributed by atoms with Crippen LogP contribution in [-0.4, -0.2) is 36.1 Å². The van der Waals surface area contributed by atoms with Gasteiger partial charge >= 0.3 is 0 Å². The SMILES string of the molecule is Cc1c(CCCCNCC(C)C)cccc1-c1cccc(CCc2cc(CCc3cncc(C#N)c3)c(CN3CCCCC3)cc2Cl)c1C. The zero-order valence-electron chi connectivity index (χ0n) is 30.3. The van der Waals surface area contributed by atoms with Crippen LogP contribution < -0.4 is 5.32 Å². The van der Waals surface area contributed by atoms with Crippen LogP contribution in [-0.2, 0) is 38.6 Å². The number of nitrogens with one attached hydrogen (secondary N) is 1. The summed E-state index contributed by atoms with van der Waals surface area (Å²) in [5.74, 6) is 0.700. The number of hydrogen-bond acceptors (Lipinski definition) is 4. The van der Waals surface area contributed by atoms with E-state index < -0.39 is 0 Å². The van der Waals surface area contributed by atoms with Crippen LogP contribution >= 0.6 is 11.6 Å². The van der Waals surface area contributed by atoms with E-state index in [9.17, 15) is 5.26 Å². The number of aromatic nitrogens is 1. The zero-order chi connectivity index (χ0) is 34.6. The van der Waals surface area contributed by atoms with Crippen molar-refractivity contribution in [3.63, 3.8) is 0 Å². The lowest BCUT2D eigenvalue weighted by molar-refractivity contribution is 0.220. The van der Waals surface area contributed by atoms with Gasteiger partial charge in [-0.25, -0.2) is 0 Å². The Morgan fingerprint density at radius 1 is 0.776 bits per heavy atom. The largest absolute Gasteiger partial charge is 0.316 e. The highest BCUT2D eigenvalue weighted by molar-refractivity contribution is 6.31. The van der Waals surface area contributed by atoms with Crippen molar-refractivity contribution < 1.29 is 0 Å². The Labute approximate surface area is 300 Å². The molecule has 3 aromatic carbocycles. The van der Waals surface area contributed by atoms with Crippen LogP contribution in [0, 0.1) is 31.1 Å². The van der Waals surface area contributed by atoms with Crippen molar-refractivity contribution in [2.45, 2.75) is 98.4 Å². The summed E-state index contributed by atoms with van der Waals surface area (Å²) < 4.78 is 0. The van der Waals surface area contributed by atoms with E-state index in [4.69, 9.17) is 11.6 Å². The third-order valence-corrected chi connectivity index (χ3v) is 10.6. The van der Waals surface area contributed by atoms with Gasteiger partial charge in [0, 0.05) is 24.0 Å². The highest BCUT2D eigenvalue weighted by Crippen LogP contribution is 2.32. The molecule has 49 heavy (non-hydrogen) atoms. The van der Waals surface area contributed by atoms with E-state index in [2.05, 4.69) is 97.5 Å². The van der Waals surface area contributed by atoms with Gasteiger partial charge in [0.2, 0.25) is 0 Å².